The van der Waals surface area contributed by atoms with Crippen molar-refractivity contribution in [2.75, 3.05) is 19.5 Å². The van der Waals surface area contributed by atoms with Crippen molar-refractivity contribution in [3.8, 4) is 11.5 Å². The first-order valence-corrected chi connectivity index (χ1v) is 10.9. The van der Waals surface area contributed by atoms with Crippen LogP contribution in [-0.4, -0.2) is 33.6 Å². The van der Waals surface area contributed by atoms with Crippen LogP contribution in [0.5, 0.6) is 11.5 Å². The number of nitrogens with one attached hydrogen (secondary N) is 2. The summed E-state index contributed by atoms with van der Waals surface area (Å²) in [4.78, 5) is 15.8. The highest BCUT2D eigenvalue weighted by molar-refractivity contribution is 7.89. The molecular formula is C22H21N3O5S. The fraction of sp³-hybridized carbons (Fsp3) is 0.136. The zero-order valence-corrected chi connectivity index (χ0v) is 17.7. The molecule has 9 heteroatoms. The van der Waals surface area contributed by atoms with Crippen molar-refractivity contribution in [1.82, 2.24) is 9.84 Å². The number of carbonyl (C=O) groups is 1. The molecule has 31 heavy (non-hydrogen) atoms. The van der Waals surface area contributed by atoms with E-state index in [0.29, 0.717) is 28.3 Å². The second-order valence-electron chi connectivity index (χ2n) is 6.79. The Morgan fingerprint density at radius 2 is 1.58 bits per heavy atom. The van der Waals surface area contributed by atoms with Gasteiger partial charge in [0.25, 0.3) is 15.9 Å². The molecule has 160 valence electrons. The highest BCUT2D eigenvalue weighted by Crippen LogP contribution is 2.36. The molecule has 0 unspecified atom stereocenters. The molecule has 3 aromatic rings. The molecular weight excluding hydrogens is 418 g/mol. The minimum Gasteiger partial charge on any atom is -0.493 e. The zero-order valence-electron chi connectivity index (χ0n) is 16.9. The van der Waals surface area contributed by atoms with Crippen molar-refractivity contribution in [3.63, 3.8) is 0 Å². The Morgan fingerprint density at radius 1 is 0.903 bits per heavy atom. The third kappa shape index (κ3) is 3.92. The van der Waals surface area contributed by atoms with E-state index in [1.54, 1.807) is 60.7 Å². The predicted octanol–water partition coefficient (Wildman–Crippen LogP) is 3.16. The Balaban J connectivity index is 1.79. The molecule has 0 saturated carbocycles. The molecule has 0 saturated heterocycles. The number of nitrogens with zero attached hydrogens (tertiary/aromatic N) is 1. The molecule has 2 N–H and O–H groups in total. The minimum absolute atomic E-state index is 0.0488. The van der Waals surface area contributed by atoms with E-state index in [0.717, 1.165) is 5.01 Å². The second-order valence-corrected chi connectivity index (χ2v) is 8.45. The highest BCUT2D eigenvalue weighted by atomic mass is 32.2. The normalized spacial score (nSPS) is 15.7. The SMILES string of the molecule is COc1ccc([C@@H]2Nc3ccccc3C(=O)N2NS(=O)(=O)c2ccccc2)cc1OC. The van der Waals surface area contributed by atoms with Crippen molar-refractivity contribution >= 4 is 21.6 Å². The van der Waals surface area contributed by atoms with E-state index < -0.39 is 22.1 Å². The van der Waals surface area contributed by atoms with Gasteiger partial charge >= 0.3 is 0 Å². The van der Waals surface area contributed by atoms with Crippen LogP contribution in [0.1, 0.15) is 22.1 Å². The molecule has 1 heterocycles. The summed E-state index contributed by atoms with van der Waals surface area (Å²) in [6.07, 6.45) is -0.819. The van der Waals surface area contributed by atoms with Crippen molar-refractivity contribution in [3.05, 3.63) is 83.9 Å². The molecule has 4 rings (SSSR count). The summed E-state index contributed by atoms with van der Waals surface area (Å²) in [6.45, 7) is 0. The van der Waals surface area contributed by atoms with Crippen LogP contribution in [0.15, 0.2) is 77.7 Å². The van der Waals surface area contributed by atoms with E-state index in [2.05, 4.69) is 10.1 Å². The van der Waals surface area contributed by atoms with Crippen LogP contribution >= 0.6 is 0 Å². The third-order valence-corrected chi connectivity index (χ3v) is 6.25. The van der Waals surface area contributed by atoms with Gasteiger partial charge in [0, 0.05) is 5.69 Å². The van der Waals surface area contributed by atoms with Gasteiger partial charge in [-0.3, -0.25) is 4.79 Å². The number of hydrogen-bond acceptors (Lipinski definition) is 6. The van der Waals surface area contributed by atoms with Gasteiger partial charge in [-0.25, -0.2) is 13.4 Å². The van der Waals surface area contributed by atoms with E-state index in [-0.39, 0.29) is 4.90 Å². The number of anilines is 1. The molecule has 8 nitrogen and oxygen atoms in total. The first-order valence-electron chi connectivity index (χ1n) is 9.43. The lowest BCUT2D eigenvalue weighted by atomic mass is 10.0. The average molecular weight is 439 g/mol. The van der Waals surface area contributed by atoms with E-state index in [4.69, 9.17) is 9.47 Å². The summed E-state index contributed by atoms with van der Waals surface area (Å²) < 4.78 is 36.6. The number of amides is 1. The first-order chi connectivity index (χ1) is 14.9. The fourth-order valence-electron chi connectivity index (χ4n) is 3.39. The molecule has 0 bridgehead atoms. The number of fused-ring (bicyclic) bond motifs is 1. The topological polar surface area (TPSA) is 97.0 Å². The number of hydrogen-bond donors (Lipinski definition) is 2. The molecule has 0 aliphatic carbocycles. The number of sulfonamides is 1. The maximum Gasteiger partial charge on any atom is 0.273 e. The van der Waals surface area contributed by atoms with Gasteiger partial charge in [-0.15, -0.1) is 4.83 Å². The maximum atomic E-state index is 13.3. The summed E-state index contributed by atoms with van der Waals surface area (Å²) in [6, 6.07) is 19.9. The van der Waals surface area contributed by atoms with Gasteiger partial charge in [-0.2, -0.15) is 0 Å². The van der Waals surface area contributed by atoms with Crippen molar-refractivity contribution in [1.29, 1.82) is 0 Å². The van der Waals surface area contributed by atoms with Gasteiger partial charge in [-0.05, 0) is 42.0 Å². The van der Waals surface area contributed by atoms with Gasteiger partial charge in [-0.1, -0.05) is 36.4 Å². The standard InChI is InChI=1S/C22H21N3O5S/c1-29-19-13-12-15(14-20(19)30-2)21-23-18-11-7-6-10-17(18)22(26)25(21)24-31(27,28)16-8-4-3-5-9-16/h3-14,21,23-24H,1-2H3/t21-/m1/s1. The van der Waals surface area contributed by atoms with Gasteiger partial charge in [0.1, 0.15) is 6.17 Å². The molecule has 0 radical (unpaired) electrons. The molecule has 0 spiro atoms. The number of hydrazine groups is 1. The lowest BCUT2D eigenvalue weighted by molar-refractivity contribution is 0.0632. The van der Waals surface area contributed by atoms with Crippen LogP contribution < -0.4 is 19.6 Å². The largest absolute Gasteiger partial charge is 0.493 e. The van der Waals surface area contributed by atoms with Crippen molar-refractivity contribution in [2.24, 2.45) is 0 Å². The van der Waals surface area contributed by atoms with Crippen molar-refractivity contribution < 1.29 is 22.7 Å². The lowest BCUT2D eigenvalue weighted by Crippen LogP contribution is -2.52. The second kappa shape index (κ2) is 8.29. The van der Waals surface area contributed by atoms with Crippen LogP contribution in [0.4, 0.5) is 5.69 Å². The van der Waals surface area contributed by atoms with E-state index >= 15 is 0 Å². The number of para-hydroxylation sites is 1. The molecule has 1 aliphatic heterocycles. The van der Waals surface area contributed by atoms with Gasteiger partial charge < -0.3 is 14.8 Å². The minimum atomic E-state index is -4.01. The monoisotopic (exact) mass is 439 g/mol. The first kappa shape index (κ1) is 20.7. The average Bonchev–Trinajstić information content (AvgIpc) is 2.81. The Bertz CT molecular complexity index is 1210. The van der Waals surface area contributed by atoms with Crippen LogP contribution in [0.2, 0.25) is 0 Å². The summed E-state index contributed by atoms with van der Waals surface area (Å²) in [7, 11) is -0.975. The zero-order chi connectivity index (χ0) is 22.0. The molecule has 0 fully saturated rings. The van der Waals surface area contributed by atoms with Crippen LogP contribution in [0, 0.1) is 0 Å². The Hall–Kier alpha value is -3.56. The molecule has 0 aromatic heterocycles. The highest BCUT2D eigenvalue weighted by Gasteiger charge is 2.36. The van der Waals surface area contributed by atoms with E-state index in [1.807, 2.05) is 0 Å². The van der Waals surface area contributed by atoms with Gasteiger partial charge in [0.15, 0.2) is 11.5 Å². The number of methoxy groups -OCH3 is 2. The van der Waals surface area contributed by atoms with E-state index in [1.165, 1.54) is 26.4 Å². The van der Waals surface area contributed by atoms with Crippen molar-refractivity contribution in [2.45, 2.75) is 11.1 Å². The number of rotatable bonds is 6. The number of ether oxygens (including phenoxy) is 2. The molecule has 1 aliphatic rings. The van der Waals surface area contributed by atoms with Gasteiger partial charge in [0.2, 0.25) is 0 Å². The number of benzene rings is 3. The lowest BCUT2D eigenvalue weighted by Gasteiger charge is -2.37. The van der Waals surface area contributed by atoms with E-state index in [9.17, 15) is 13.2 Å². The Labute approximate surface area is 180 Å². The fourth-order valence-corrected chi connectivity index (χ4v) is 4.45. The van der Waals surface area contributed by atoms with Gasteiger partial charge in [0.05, 0.1) is 24.7 Å². The Kier molecular flexibility index (Phi) is 5.53. The molecule has 1 amide bonds. The Morgan fingerprint density at radius 3 is 2.29 bits per heavy atom. The summed E-state index contributed by atoms with van der Waals surface area (Å²) in [5, 5.41) is 4.31. The maximum absolute atomic E-state index is 13.3. The molecule has 3 aromatic carbocycles. The quantitative estimate of drug-likeness (QED) is 0.612. The van der Waals surface area contributed by atoms with Crippen LogP contribution in [0.25, 0.3) is 0 Å². The number of carbonyl (C=O) groups excluding carboxylic acids is 1. The van der Waals surface area contributed by atoms with Crippen LogP contribution in [0.3, 0.4) is 0 Å². The van der Waals surface area contributed by atoms with Crippen LogP contribution in [-0.2, 0) is 10.0 Å². The predicted molar refractivity (Wildman–Crippen MR) is 115 cm³/mol. The summed E-state index contributed by atoms with van der Waals surface area (Å²) in [5.41, 5.74) is 1.56. The third-order valence-electron chi connectivity index (χ3n) is 4.92. The molecule has 1 atom stereocenters. The summed E-state index contributed by atoms with van der Waals surface area (Å²) >= 11 is 0. The summed E-state index contributed by atoms with van der Waals surface area (Å²) in [5.74, 6) is 0.498. The smallest absolute Gasteiger partial charge is 0.273 e.